The van der Waals surface area contributed by atoms with Gasteiger partial charge in [0.05, 0.1) is 28.7 Å². The quantitative estimate of drug-likeness (QED) is 0.421. The van der Waals surface area contributed by atoms with Crippen molar-refractivity contribution in [2.24, 2.45) is 5.73 Å². The average Bonchev–Trinajstić information content (AvgIpc) is 3.38. The molecule has 7 nitrogen and oxygen atoms in total. The number of alkyl halides is 3. The Hall–Kier alpha value is -3.15. The van der Waals surface area contributed by atoms with Crippen LogP contribution in [0.1, 0.15) is 41.5 Å². The monoisotopic (exact) mass is 544 g/mol. The van der Waals surface area contributed by atoms with E-state index in [9.17, 15) is 22.8 Å². The molecular weight excluding hydrogens is 517 g/mol. The summed E-state index contributed by atoms with van der Waals surface area (Å²) in [5.41, 5.74) is 7.31. The Morgan fingerprint density at radius 2 is 1.92 bits per heavy atom. The van der Waals surface area contributed by atoms with Crippen LogP contribution in [-0.2, 0) is 22.3 Å². The molecule has 0 atom stereocenters. The van der Waals surface area contributed by atoms with Crippen LogP contribution < -0.4 is 5.73 Å². The van der Waals surface area contributed by atoms with E-state index >= 15 is 0 Å². The molecule has 3 heterocycles. The van der Waals surface area contributed by atoms with Crippen LogP contribution in [0.5, 0.6) is 0 Å². The Bertz CT molecular complexity index is 1430. The van der Waals surface area contributed by atoms with E-state index in [0.717, 1.165) is 17.8 Å². The number of aromatic nitrogens is 2. The summed E-state index contributed by atoms with van der Waals surface area (Å²) in [6, 6.07) is 9.57. The second-order valence-corrected chi connectivity index (χ2v) is 10.8. The first kappa shape index (κ1) is 26.5. The number of carbonyl (C=O) groups is 2. The van der Waals surface area contributed by atoms with Crippen LogP contribution in [0, 0.1) is 6.92 Å². The van der Waals surface area contributed by atoms with Crippen LogP contribution in [0.4, 0.5) is 18.0 Å². The minimum absolute atomic E-state index is 0.0361. The highest BCUT2D eigenvalue weighted by atomic mass is 32.2. The standard InChI is InChI=1S/C27H27F3N4O3S/c1-17-2-4-19(21(12-17)27(28,29)30)16-34-22-5-3-18(13-20(22)15-32-34)14-23-24(35)33(25(36)38-23)9-6-26(31)7-10-37-11-8-26/h2-5,12-15H,6-11,16,31H2,1H3/b23-14-. The van der Waals surface area contributed by atoms with Crippen LogP contribution >= 0.6 is 11.8 Å². The smallest absolute Gasteiger partial charge is 0.381 e. The van der Waals surface area contributed by atoms with Crippen molar-refractivity contribution in [3.8, 4) is 0 Å². The highest BCUT2D eigenvalue weighted by molar-refractivity contribution is 8.18. The third-order valence-electron chi connectivity index (χ3n) is 7.05. The number of halogens is 3. The fourth-order valence-electron chi connectivity index (χ4n) is 4.78. The Labute approximate surface area is 221 Å². The van der Waals surface area contributed by atoms with Gasteiger partial charge in [-0.3, -0.25) is 19.2 Å². The zero-order valence-electron chi connectivity index (χ0n) is 20.8. The van der Waals surface area contributed by atoms with Crippen molar-refractivity contribution >= 4 is 39.9 Å². The maximum atomic E-state index is 13.6. The maximum absolute atomic E-state index is 13.6. The molecule has 11 heteroatoms. The van der Waals surface area contributed by atoms with Crippen LogP contribution in [-0.4, -0.2) is 51.1 Å². The molecule has 0 radical (unpaired) electrons. The molecule has 5 rings (SSSR count). The van der Waals surface area contributed by atoms with Gasteiger partial charge in [-0.05, 0) is 73.4 Å². The molecule has 0 bridgehead atoms. The third-order valence-corrected chi connectivity index (χ3v) is 7.96. The number of hydrogen-bond acceptors (Lipinski definition) is 6. The molecule has 2 aliphatic rings. The lowest BCUT2D eigenvalue weighted by molar-refractivity contribution is -0.138. The van der Waals surface area contributed by atoms with Gasteiger partial charge in [0.2, 0.25) is 0 Å². The maximum Gasteiger partial charge on any atom is 0.416 e. The number of thioether (sulfide) groups is 1. The number of nitrogens with two attached hydrogens (primary N) is 1. The van der Waals surface area contributed by atoms with Crippen LogP contribution in [0.25, 0.3) is 17.0 Å². The topological polar surface area (TPSA) is 90.5 Å². The molecule has 0 unspecified atom stereocenters. The zero-order chi connectivity index (χ0) is 27.1. The SMILES string of the molecule is Cc1ccc(Cn2ncc3cc(/C=C4\SC(=O)N(CCC5(N)CCOCC5)C4=O)ccc32)c(C(F)(F)F)c1. The van der Waals surface area contributed by atoms with Gasteiger partial charge < -0.3 is 10.5 Å². The van der Waals surface area contributed by atoms with E-state index in [0.29, 0.717) is 59.4 Å². The highest BCUT2D eigenvalue weighted by Gasteiger charge is 2.37. The summed E-state index contributed by atoms with van der Waals surface area (Å²) in [5.74, 6) is -0.356. The number of carbonyl (C=O) groups excluding carboxylic acids is 2. The molecule has 38 heavy (non-hydrogen) atoms. The van der Waals surface area contributed by atoms with Gasteiger partial charge in [0, 0.05) is 30.7 Å². The van der Waals surface area contributed by atoms with Gasteiger partial charge >= 0.3 is 6.18 Å². The molecule has 2 aliphatic heterocycles. The first-order valence-electron chi connectivity index (χ1n) is 12.3. The number of hydrogen-bond donors (Lipinski definition) is 1. The van der Waals surface area contributed by atoms with Crippen molar-refractivity contribution in [2.45, 2.75) is 44.4 Å². The van der Waals surface area contributed by atoms with Crippen molar-refractivity contribution in [3.63, 3.8) is 0 Å². The first-order chi connectivity index (χ1) is 18.0. The van der Waals surface area contributed by atoms with Crippen LogP contribution in [0.15, 0.2) is 47.5 Å². The lowest BCUT2D eigenvalue weighted by atomic mass is 9.88. The van der Waals surface area contributed by atoms with E-state index in [1.807, 2.05) is 0 Å². The summed E-state index contributed by atoms with van der Waals surface area (Å²) < 4.78 is 47.6. The first-order valence-corrected chi connectivity index (χ1v) is 13.1. The molecule has 0 spiro atoms. The van der Waals surface area contributed by atoms with Crippen molar-refractivity contribution in [3.05, 3.63) is 69.8 Å². The van der Waals surface area contributed by atoms with Crippen molar-refractivity contribution < 1.29 is 27.5 Å². The normalized spacial score (nSPS) is 19.2. The second kappa shape index (κ2) is 10.2. The fourth-order valence-corrected chi connectivity index (χ4v) is 5.65. The minimum Gasteiger partial charge on any atom is -0.381 e. The van der Waals surface area contributed by atoms with E-state index in [1.165, 1.54) is 15.6 Å². The van der Waals surface area contributed by atoms with E-state index in [2.05, 4.69) is 5.10 Å². The Kier molecular flexibility index (Phi) is 7.10. The number of fused-ring (bicyclic) bond motifs is 1. The van der Waals surface area contributed by atoms with E-state index in [1.54, 1.807) is 43.5 Å². The minimum atomic E-state index is -4.46. The molecule has 0 aliphatic carbocycles. The number of amides is 2. The van der Waals surface area contributed by atoms with Crippen LogP contribution in [0.3, 0.4) is 0 Å². The van der Waals surface area contributed by atoms with Crippen molar-refractivity contribution in [1.82, 2.24) is 14.7 Å². The summed E-state index contributed by atoms with van der Waals surface area (Å²) in [6.45, 7) is 2.99. The molecule has 200 valence electrons. The molecule has 1 aromatic heterocycles. The molecule has 3 aromatic rings. The second-order valence-electron chi connectivity index (χ2n) is 9.84. The van der Waals surface area contributed by atoms with Gasteiger partial charge in [-0.2, -0.15) is 18.3 Å². The summed E-state index contributed by atoms with van der Waals surface area (Å²) in [7, 11) is 0. The number of ether oxygens (including phenoxy) is 1. The van der Waals surface area contributed by atoms with Crippen molar-refractivity contribution in [2.75, 3.05) is 19.8 Å². The summed E-state index contributed by atoms with van der Waals surface area (Å²) in [5, 5.41) is 4.68. The highest BCUT2D eigenvalue weighted by Crippen LogP contribution is 2.35. The van der Waals surface area contributed by atoms with Gasteiger partial charge in [0.1, 0.15) is 0 Å². The number of imide groups is 1. The summed E-state index contributed by atoms with van der Waals surface area (Å²) in [6.07, 6.45) is 0.659. The molecule has 2 fully saturated rings. The number of rotatable bonds is 6. The average molecular weight is 545 g/mol. The third kappa shape index (κ3) is 5.50. The molecule has 2 saturated heterocycles. The van der Waals surface area contributed by atoms with Gasteiger partial charge in [0.25, 0.3) is 11.1 Å². The van der Waals surface area contributed by atoms with E-state index < -0.39 is 17.3 Å². The van der Waals surface area contributed by atoms with Crippen LogP contribution in [0.2, 0.25) is 0 Å². The van der Waals surface area contributed by atoms with Crippen molar-refractivity contribution in [1.29, 1.82) is 0 Å². The van der Waals surface area contributed by atoms with Gasteiger partial charge in [-0.25, -0.2) is 0 Å². The molecular formula is C27H27F3N4O3S. The number of aryl methyl sites for hydroxylation is 1. The van der Waals surface area contributed by atoms with E-state index in [-0.39, 0.29) is 29.8 Å². The Balaban J connectivity index is 1.32. The summed E-state index contributed by atoms with van der Waals surface area (Å²) in [4.78, 5) is 27.0. The lowest BCUT2D eigenvalue weighted by Gasteiger charge is -2.34. The van der Waals surface area contributed by atoms with Gasteiger partial charge in [-0.15, -0.1) is 0 Å². The molecule has 0 saturated carbocycles. The lowest BCUT2D eigenvalue weighted by Crippen LogP contribution is -2.47. The molecule has 2 aromatic carbocycles. The number of nitrogens with zero attached hydrogens (tertiary/aromatic N) is 3. The largest absolute Gasteiger partial charge is 0.416 e. The predicted octanol–water partition coefficient (Wildman–Crippen LogP) is 5.35. The zero-order valence-corrected chi connectivity index (χ0v) is 21.6. The molecule has 2 amide bonds. The fraction of sp³-hybridized carbons (Fsp3) is 0.370. The summed E-state index contributed by atoms with van der Waals surface area (Å²) >= 11 is 0.885. The van der Waals surface area contributed by atoms with Gasteiger partial charge in [0.15, 0.2) is 0 Å². The van der Waals surface area contributed by atoms with Gasteiger partial charge in [-0.1, -0.05) is 23.8 Å². The predicted molar refractivity (Wildman–Crippen MR) is 139 cm³/mol. The number of benzene rings is 2. The Morgan fingerprint density at radius 1 is 1.16 bits per heavy atom. The van der Waals surface area contributed by atoms with E-state index in [4.69, 9.17) is 10.5 Å². The Morgan fingerprint density at radius 3 is 2.66 bits per heavy atom. The molecule has 2 N–H and O–H groups in total.